The minimum Gasteiger partial charge on any atom is -0.330 e. The van der Waals surface area contributed by atoms with Gasteiger partial charge in [0.2, 0.25) is 10.0 Å². The second-order valence-electron chi connectivity index (χ2n) is 4.89. The first-order valence-electron chi connectivity index (χ1n) is 5.74. The Bertz CT molecular complexity index is 489. The van der Waals surface area contributed by atoms with E-state index in [1.54, 1.807) is 6.07 Å². The van der Waals surface area contributed by atoms with Crippen LogP contribution in [-0.4, -0.2) is 21.5 Å². The maximum atomic E-state index is 12.0. The average Bonchev–Trinajstić information content (AvgIpc) is 2.81. The van der Waals surface area contributed by atoms with Gasteiger partial charge in [-0.2, -0.15) is 0 Å². The first-order valence-corrected chi connectivity index (χ1v) is 8.04. The number of hydrogen-bond acceptors (Lipinski definition) is 4. The highest BCUT2D eigenvalue weighted by Crippen LogP contribution is 2.44. The predicted molar refractivity (Wildman–Crippen MR) is 69.6 cm³/mol. The Hall–Kier alpha value is -0.430. The second kappa shape index (κ2) is 4.68. The molecule has 1 fully saturated rings. The molecule has 0 amide bonds. The van der Waals surface area contributed by atoms with Gasteiger partial charge in [0.05, 0.1) is 0 Å². The smallest absolute Gasteiger partial charge is 0.250 e. The van der Waals surface area contributed by atoms with E-state index in [1.807, 2.05) is 6.07 Å². The van der Waals surface area contributed by atoms with Crippen molar-refractivity contribution in [3.63, 3.8) is 0 Å². The van der Waals surface area contributed by atoms with Crippen LogP contribution in [0.2, 0.25) is 0 Å². The summed E-state index contributed by atoms with van der Waals surface area (Å²) in [5.74, 6) is 0. The van der Waals surface area contributed by atoms with Crippen LogP contribution in [0.5, 0.6) is 0 Å². The Kier molecular flexibility index (Phi) is 3.58. The summed E-state index contributed by atoms with van der Waals surface area (Å²) in [6.45, 7) is 3.19. The van der Waals surface area contributed by atoms with Crippen molar-refractivity contribution in [1.29, 1.82) is 0 Å². The van der Waals surface area contributed by atoms with E-state index in [-0.39, 0.29) is 5.41 Å². The molecule has 1 heterocycles. The fraction of sp³-hybridized carbons (Fsp3) is 0.636. The van der Waals surface area contributed by atoms with Gasteiger partial charge in [-0.05, 0) is 43.4 Å². The third-order valence-corrected chi connectivity index (χ3v) is 6.12. The van der Waals surface area contributed by atoms with Crippen LogP contribution in [-0.2, 0) is 16.4 Å². The molecule has 96 valence electrons. The standard InChI is InChI=1S/C11H18N2O2S2/c1-11(5-6-11)8-13-17(14,15)10-3-2-9(16-10)4-7-12/h2-3,13H,4-8,12H2,1H3. The Balaban J connectivity index is 2.02. The number of nitrogens with two attached hydrogens (primary N) is 1. The van der Waals surface area contributed by atoms with Crippen LogP contribution in [0.4, 0.5) is 0 Å². The predicted octanol–water partition coefficient (Wildman–Crippen LogP) is 1.33. The third kappa shape index (κ3) is 3.28. The van der Waals surface area contributed by atoms with E-state index in [4.69, 9.17) is 5.73 Å². The molecule has 4 nitrogen and oxygen atoms in total. The van der Waals surface area contributed by atoms with E-state index in [9.17, 15) is 8.42 Å². The summed E-state index contributed by atoms with van der Waals surface area (Å²) >= 11 is 1.30. The lowest BCUT2D eigenvalue weighted by atomic mass is 10.2. The first-order chi connectivity index (χ1) is 7.95. The molecular weight excluding hydrogens is 256 g/mol. The SMILES string of the molecule is CC1(CNS(=O)(=O)c2ccc(CCN)s2)CC1. The van der Waals surface area contributed by atoms with E-state index >= 15 is 0 Å². The van der Waals surface area contributed by atoms with Crippen LogP contribution in [0.25, 0.3) is 0 Å². The first kappa shape index (κ1) is 13.0. The number of rotatable bonds is 6. The summed E-state index contributed by atoms with van der Waals surface area (Å²) in [5, 5.41) is 0. The summed E-state index contributed by atoms with van der Waals surface area (Å²) in [4.78, 5) is 1.02. The van der Waals surface area contributed by atoms with Crippen molar-refractivity contribution in [2.45, 2.75) is 30.4 Å². The molecule has 1 aliphatic carbocycles. The van der Waals surface area contributed by atoms with Crippen molar-refractivity contribution < 1.29 is 8.42 Å². The lowest BCUT2D eigenvalue weighted by molar-refractivity contribution is 0.531. The van der Waals surface area contributed by atoms with Gasteiger partial charge in [0.15, 0.2) is 0 Å². The fourth-order valence-corrected chi connectivity index (χ4v) is 4.12. The van der Waals surface area contributed by atoms with Gasteiger partial charge in [0.1, 0.15) is 4.21 Å². The fourth-order valence-electron chi connectivity index (χ4n) is 1.51. The van der Waals surface area contributed by atoms with Crippen LogP contribution in [0.15, 0.2) is 16.3 Å². The zero-order valence-electron chi connectivity index (χ0n) is 9.90. The molecule has 0 bridgehead atoms. The van der Waals surface area contributed by atoms with Crippen molar-refractivity contribution in [2.75, 3.05) is 13.1 Å². The average molecular weight is 274 g/mol. The van der Waals surface area contributed by atoms with Gasteiger partial charge in [0.25, 0.3) is 0 Å². The third-order valence-electron chi connectivity index (χ3n) is 3.09. The number of nitrogens with one attached hydrogen (secondary N) is 1. The highest BCUT2D eigenvalue weighted by atomic mass is 32.2. The largest absolute Gasteiger partial charge is 0.330 e. The molecule has 0 unspecified atom stereocenters. The molecule has 17 heavy (non-hydrogen) atoms. The van der Waals surface area contributed by atoms with Gasteiger partial charge >= 0.3 is 0 Å². The van der Waals surface area contributed by atoms with Crippen molar-refractivity contribution in [3.8, 4) is 0 Å². The molecule has 1 aromatic rings. The van der Waals surface area contributed by atoms with E-state index in [0.29, 0.717) is 17.3 Å². The van der Waals surface area contributed by atoms with Crippen molar-refractivity contribution in [2.24, 2.45) is 11.1 Å². The zero-order valence-corrected chi connectivity index (χ0v) is 11.5. The quantitative estimate of drug-likeness (QED) is 0.822. The number of thiophene rings is 1. The van der Waals surface area contributed by atoms with Crippen LogP contribution >= 0.6 is 11.3 Å². The van der Waals surface area contributed by atoms with E-state index in [0.717, 1.165) is 24.1 Å². The highest BCUT2D eigenvalue weighted by Gasteiger charge is 2.38. The number of sulfonamides is 1. The molecule has 6 heteroatoms. The normalized spacial score (nSPS) is 18.2. The van der Waals surface area contributed by atoms with Gasteiger partial charge in [-0.3, -0.25) is 0 Å². The maximum absolute atomic E-state index is 12.0. The maximum Gasteiger partial charge on any atom is 0.250 e. The molecule has 0 saturated heterocycles. The van der Waals surface area contributed by atoms with Crippen molar-refractivity contribution in [1.82, 2.24) is 4.72 Å². The Labute approximate surface area is 106 Å². The van der Waals surface area contributed by atoms with Crippen molar-refractivity contribution >= 4 is 21.4 Å². The summed E-state index contributed by atoms with van der Waals surface area (Å²) in [7, 11) is -3.32. The minimum atomic E-state index is -3.32. The Morgan fingerprint density at radius 2 is 2.18 bits per heavy atom. The molecular formula is C11H18N2O2S2. The highest BCUT2D eigenvalue weighted by molar-refractivity contribution is 7.91. The van der Waals surface area contributed by atoms with Crippen LogP contribution in [0.3, 0.4) is 0 Å². The second-order valence-corrected chi connectivity index (χ2v) is 8.06. The van der Waals surface area contributed by atoms with Crippen LogP contribution < -0.4 is 10.5 Å². The van der Waals surface area contributed by atoms with Crippen LogP contribution in [0, 0.1) is 5.41 Å². The van der Waals surface area contributed by atoms with Gasteiger partial charge in [-0.25, -0.2) is 13.1 Å². The van der Waals surface area contributed by atoms with Crippen molar-refractivity contribution in [3.05, 3.63) is 17.0 Å². The van der Waals surface area contributed by atoms with Gasteiger partial charge in [-0.1, -0.05) is 6.92 Å². The van der Waals surface area contributed by atoms with E-state index in [2.05, 4.69) is 11.6 Å². The molecule has 0 atom stereocenters. The Morgan fingerprint density at radius 3 is 2.76 bits per heavy atom. The van der Waals surface area contributed by atoms with Crippen LogP contribution in [0.1, 0.15) is 24.6 Å². The summed E-state index contributed by atoms with van der Waals surface area (Å²) in [6.07, 6.45) is 2.95. The number of hydrogen-bond donors (Lipinski definition) is 2. The van der Waals surface area contributed by atoms with Gasteiger partial charge < -0.3 is 5.73 Å². The molecule has 2 rings (SSSR count). The van der Waals surface area contributed by atoms with E-state index < -0.39 is 10.0 Å². The Morgan fingerprint density at radius 1 is 1.47 bits per heavy atom. The molecule has 0 aliphatic heterocycles. The monoisotopic (exact) mass is 274 g/mol. The summed E-state index contributed by atoms with van der Waals surface area (Å²) < 4.78 is 27.1. The minimum absolute atomic E-state index is 0.185. The molecule has 1 saturated carbocycles. The molecule has 1 aromatic heterocycles. The summed E-state index contributed by atoms with van der Waals surface area (Å²) in [6, 6.07) is 3.50. The van der Waals surface area contributed by atoms with Gasteiger partial charge in [-0.15, -0.1) is 11.3 Å². The van der Waals surface area contributed by atoms with E-state index in [1.165, 1.54) is 11.3 Å². The molecule has 1 aliphatic rings. The topological polar surface area (TPSA) is 72.2 Å². The lowest BCUT2D eigenvalue weighted by Gasteiger charge is -2.09. The molecule has 3 N–H and O–H groups in total. The molecule has 0 spiro atoms. The lowest BCUT2D eigenvalue weighted by Crippen LogP contribution is -2.28. The zero-order chi connectivity index (χ0) is 12.5. The molecule has 0 aromatic carbocycles. The summed E-state index contributed by atoms with van der Waals surface area (Å²) in [5.41, 5.74) is 5.63. The molecule has 0 radical (unpaired) electrons. The van der Waals surface area contributed by atoms with Gasteiger partial charge in [0, 0.05) is 11.4 Å².